The lowest BCUT2D eigenvalue weighted by Crippen LogP contribution is -2.23. The summed E-state index contributed by atoms with van der Waals surface area (Å²) in [5.74, 6) is -0.733. The number of nitrogens with one attached hydrogen (secondary N) is 2. The van der Waals surface area contributed by atoms with Crippen LogP contribution in [0.5, 0.6) is 0 Å². The maximum atomic E-state index is 14.4. The van der Waals surface area contributed by atoms with E-state index in [-0.39, 0.29) is 18.6 Å². The molecule has 0 aliphatic carbocycles. The molecule has 1 amide bonds. The van der Waals surface area contributed by atoms with E-state index in [9.17, 15) is 9.18 Å². The molecule has 1 fully saturated rings. The van der Waals surface area contributed by atoms with Crippen molar-refractivity contribution in [3.8, 4) is 0 Å². The molecule has 1 atom stereocenters. The molecule has 168 valence electrons. The van der Waals surface area contributed by atoms with Crippen molar-refractivity contribution in [3.63, 3.8) is 0 Å². The van der Waals surface area contributed by atoms with Gasteiger partial charge >= 0.3 is 0 Å². The Morgan fingerprint density at radius 3 is 2.91 bits per heavy atom. The standard InChI is InChI=1S/C25H22ClFN4O2/c26-20-14-30-23-9-21(27)17(8-19(20)23)13-31-25(32)18-7-16(10-28-12-18)6-15-3-4-22(29-11-15)24-2-1-5-33-24/h3-4,7-12,14,24,30H,1-2,5-6,13H2,(H,31,32). The van der Waals surface area contributed by atoms with Gasteiger partial charge in [-0.2, -0.15) is 0 Å². The van der Waals surface area contributed by atoms with Gasteiger partial charge in [0.05, 0.1) is 22.4 Å². The number of benzene rings is 1. The van der Waals surface area contributed by atoms with E-state index in [2.05, 4.69) is 20.3 Å². The van der Waals surface area contributed by atoms with Crippen molar-refractivity contribution in [2.45, 2.75) is 31.9 Å². The van der Waals surface area contributed by atoms with Gasteiger partial charge in [-0.25, -0.2) is 4.39 Å². The van der Waals surface area contributed by atoms with Crippen molar-refractivity contribution in [3.05, 3.63) is 93.9 Å². The first kappa shape index (κ1) is 21.6. The van der Waals surface area contributed by atoms with Crippen molar-refractivity contribution < 1.29 is 13.9 Å². The molecule has 0 radical (unpaired) electrons. The molecule has 1 aliphatic heterocycles. The summed E-state index contributed by atoms with van der Waals surface area (Å²) >= 11 is 6.12. The number of hydrogen-bond acceptors (Lipinski definition) is 4. The first-order valence-electron chi connectivity index (χ1n) is 10.8. The van der Waals surface area contributed by atoms with Crippen LogP contribution < -0.4 is 5.32 Å². The van der Waals surface area contributed by atoms with Crippen molar-refractivity contribution in [1.82, 2.24) is 20.3 Å². The Morgan fingerprint density at radius 1 is 1.21 bits per heavy atom. The van der Waals surface area contributed by atoms with Crippen LogP contribution in [0, 0.1) is 5.82 Å². The van der Waals surface area contributed by atoms with E-state index in [1.54, 1.807) is 24.5 Å². The molecule has 33 heavy (non-hydrogen) atoms. The Morgan fingerprint density at radius 2 is 2.12 bits per heavy atom. The van der Waals surface area contributed by atoms with Crippen LogP contribution in [0.2, 0.25) is 5.02 Å². The number of aromatic amines is 1. The Kier molecular flexibility index (Phi) is 6.07. The lowest BCUT2D eigenvalue weighted by molar-refractivity contribution is 0.0950. The zero-order chi connectivity index (χ0) is 22.8. The van der Waals surface area contributed by atoms with E-state index in [0.717, 1.165) is 36.3 Å². The number of pyridine rings is 2. The van der Waals surface area contributed by atoms with Crippen LogP contribution in [0.4, 0.5) is 4.39 Å². The average Bonchev–Trinajstić information content (AvgIpc) is 3.49. The van der Waals surface area contributed by atoms with Gasteiger partial charge in [0.15, 0.2) is 0 Å². The zero-order valence-corrected chi connectivity index (χ0v) is 18.5. The quantitative estimate of drug-likeness (QED) is 0.415. The molecule has 4 heterocycles. The van der Waals surface area contributed by atoms with E-state index in [0.29, 0.717) is 33.5 Å². The van der Waals surface area contributed by atoms with Gasteiger partial charge in [0.2, 0.25) is 0 Å². The Labute approximate surface area is 195 Å². The predicted molar refractivity (Wildman–Crippen MR) is 124 cm³/mol. The van der Waals surface area contributed by atoms with Gasteiger partial charge < -0.3 is 15.0 Å². The van der Waals surface area contributed by atoms with Crippen LogP contribution >= 0.6 is 11.6 Å². The number of halogens is 2. The second kappa shape index (κ2) is 9.29. The molecule has 4 aromatic rings. The molecule has 3 aromatic heterocycles. The van der Waals surface area contributed by atoms with E-state index in [1.807, 2.05) is 18.3 Å². The van der Waals surface area contributed by atoms with Crippen LogP contribution in [-0.2, 0) is 17.7 Å². The number of nitrogens with zero attached hydrogens (tertiary/aromatic N) is 2. The lowest BCUT2D eigenvalue weighted by Gasteiger charge is -2.10. The molecule has 0 saturated carbocycles. The SMILES string of the molecule is O=C(NCc1cc2c(Cl)c[nH]c2cc1F)c1cncc(Cc2ccc(C3CCCO3)nc2)c1. The van der Waals surface area contributed by atoms with E-state index >= 15 is 0 Å². The van der Waals surface area contributed by atoms with Gasteiger partial charge in [0, 0.05) is 60.8 Å². The number of carbonyl (C=O) groups excluding carboxylic acids is 1. The summed E-state index contributed by atoms with van der Waals surface area (Å²) in [4.78, 5) is 24.3. The van der Waals surface area contributed by atoms with Gasteiger partial charge in [-0.05, 0) is 48.2 Å². The van der Waals surface area contributed by atoms with Gasteiger partial charge in [-0.3, -0.25) is 14.8 Å². The second-order valence-electron chi connectivity index (χ2n) is 8.16. The van der Waals surface area contributed by atoms with Gasteiger partial charge in [0.25, 0.3) is 5.91 Å². The van der Waals surface area contributed by atoms with Gasteiger partial charge in [0.1, 0.15) is 5.82 Å². The fourth-order valence-electron chi connectivity index (χ4n) is 4.05. The number of aromatic nitrogens is 3. The molecule has 1 saturated heterocycles. The normalized spacial score (nSPS) is 15.8. The number of hydrogen-bond donors (Lipinski definition) is 2. The minimum absolute atomic E-state index is 0.0426. The molecule has 5 rings (SSSR count). The summed E-state index contributed by atoms with van der Waals surface area (Å²) in [6.07, 6.45) is 9.44. The van der Waals surface area contributed by atoms with Crippen molar-refractivity contribution in [2.24, 2.45) is 0 Å². The molecule has 0 spiro atoms. The van der Waals surface area contributed by atoms with Crippen molar-refractivity contribution in [2.75, 3.05) is 6.61 Å². The highest BCUT2D eigenvalue weighted by atomic mass is 35.5. The third kappa shape index (κ3) is 4.74. The van der Waals surface area contributed by atoms with E-state index in [4.69, 9.17) is 16.3 Å². The number of H-pyrrole nitrogens is 1. The summed E-state index contributed by atoms with van der Waals surface area (Å²) in [6.45, 7) is 0.830. The minimum Gasteiger partial charge on any atom is -0.372 e. The summed E-state index contributed by atoms with van der Waals surface area (Å²) in [5.41, 5.74) is 4.25. The number of ether oxygens (including phenoxy) is 1. The highest BCUT2D eigenvalue weighted by Crippen LogP contribution is 2.27. The van der Waals surface area contributed by atoms with Crippen LogP contribution in [0.1, 0.15) is 51.7 Å². The number of fused-ring (bicyclic) bond motifs is 1. The third-order valence-electron chi connectivity index (χ3n) is 5.81. The van der Waals surface area contributed by atoms with Gasteiger partial charge in [-0.1, -0.05) is 17.7 Å². The van der Waals surface area contributed by atoms with Crippen LogP contribution in [0.3, 0.4) is 0 Å². The maximum absolute atomic E-state index is 14.4. The molecule has 8 heteroatoms. The molecule has 1 aliphatic rings. The fourth-order valence-corrected chi connectivity index (χ4v) is 4.26. The molecule has 6 nitrogen and oxygen atoms in total. The van der Waals surface area contributed by atoms with Gasteiger partial charge in [-0.15, -0.1) is 0 Å². The highest BCUT2D eigenvalue weighted by Gasteiger charge is 2.18. The summed E-state index contributed by atoms with van der Waals surface area (Å²) in [5, 5.41) is 3.98. The Balaban J connectivity index is 1.24. The average molecular weight is 465 g/mol. The van der Waals surface area contributed by atoms with Crippen LogP contribution in [-0.4, -0.2) is 27.5 Å². The third-order valence-corrected chi connectivity index (χ3v) is 6.12. The molecular formula is C25H22ClFN4O2. The van der Waals surface area contributed by atoms with E-state index in [1.165, 1.54) is 12.3 Å². The lowest BCUT2D eigenvalue weighted by atomic mass is 10.1. The van der Waals surface area contributed by atoms with Crippen molar-refractivity contribution in [1.29, 1.82) is 0 Å². The minimum atomic E-state index is -0.410. The molecule has 2 N–H and O–H groups in total. The summed E-state index contributed by atoms with van der Waals surface area (Å²) in [6, 6.07) is 8.84. The Hall–Kier alpha value is -3.29. The molecule has 1 aromatic carbocycles. The fraction of sp³-hybridized carbons (Fsp3) is 0.240. The molecular weight excluding hydrogens is 443 g/mol. The monoisotopic (exact) mass is 464 g/mol. The van der Waals surface area contributed by atoms with Crippen LogP contribution in [0.15, 0.2) is 55.1 Å². The topological polar surface area (TPSA) is 79.9 Å². The molecule has 0 bridgehead atoms. The van der Waals surface area contributed by atoms with Crippen molar-refractivity contribution >= 4 is 28.4 Å². The smallest absolute Gasteiger partial charge is 0.253 e. The maximum Gasteiger partial charge on any atom is 0.253 e. The van der Waals surface area contributed by atoms with E-state index < -0.39 is 5.82 Å². The predicted octanol–water partition coefficient (Wildman–Crippen LogP) is 5.12. The number of amides is 1. The zero-order valence-electron chi connectivity index (χ0n) is 17.8. The number of rotatable bonds is 6. The second-order valence-corrected chi connectivity index (χ2v) is 8.57. The Bertz CT molecular complexity index is 1300. The summed E-state index contributed by atoms with van der Waals surface area (Å²) < 4.78 is 20.1. The summed E-state index contributed by atoms with van der Waals surface area (Å²) in [7, 11) is 0. The number of carbonyl (C=O) groups is 1. The first-order chi connectivity index (χ1) is 16.1. The molecule has 1 unspecified atom stereocenters. The highest BCUT2D eigenvalue weighted by molar-refractivity contribution is 6.35. The largest absolute Gasteiger partial charge is 0.372 e. The van der Waals surface area contributed by atoms with Crippen LogP contribution in [0.25, 0.3) is 10.9 Å². The first-order valence-corrected chi connectivity index (χ1v) is 11.2.